The molecule has 1 saturated heterocycles. The molecule has 3 aromatic rings. The standard InChI is InChI=1S/C23H24N4O2S/c1-30-20-7-5-17(6-8-20)16-24-23(28)19-4-2-3-18(15-19)21-9-10-22(26-25-21)27-11-13-29-14-12-27/h2-10,15H,11-14,16H2,1H3,(H,24,28). The number of rotatable bonds is 6. The third-order valence-corrected chi connectivity index (χ3v) is 5.76. The fourth-order valence-electron chi connectivity index (χ4n) is 3.29. The van der Waals surface area contributed by atoms with Crippen LogP contribution >= 0.6 is 11.8 Å². The highest BCUT2D eigenvalue weighted by molar-refractivity contribution is 7.98. The Morgan fingerprint density at radius 1 is 1.07 bits per heavy atom. The zero-order chi connectivity index (χ0) is 20.8. The maximum atomic E-state index is 12.6. The van der Waals surface area contributed by atoms with Gasteiger partial charge in [-0.1, -0.05) is 24.3 Å². The number of aromatic nitrogens is 2. The van der Waals surface area contributed by atoms with Crippen LogP contribution in [0.1, 0.15) is 15.9 Å². The second-order valence-electron chi connectivity index (χ2n) is 6.99. The Bertz CT molecular complexity index is 987. The molecule has 1 aliphatic rings. The Labute approximate surface area is 180 Å². The van der Waals surface area contributed by atoms with Crippen molar-refractivity contribution in [3.8, 4) is 11.3 Å². The first-order valence-electron chi connectivity index (χ1n) is 9.91. The van der Waals surface area contributed by atoms with E-state index in [0.29, 0.717) is 25.3 Å². The smallest absolute Gasteiger partial charge is 0.251 e. The van der Waals surface area contributed by atoms with Gasteiger partial charge in [-0.15, -0.1) is 22.0 Å². The van der Waals surface area contributed by atoms with Crippen molar-refractivity contribution in [3.63, 3.8) is 0 Å². The topological polar surface area (TPSA) is 67.4 Å². The van der Waals surface area contributed by atoms with Crippen molar-refractivity contribution >= 4 is 23.5 Å². The van der Waals surface area contributed by atoms with Crippen molar-refractivity contribution in [3.05, 3.63) is 71.8 Å². The summed E-state index contributed by atoms with van der Waals surface area (Å²) in [6, 6.07) is 19.6. The Balaban J connectivity index is 1.41. The summed E-state index contributed by atoms with van der Waals surface area (Å²) in [6.45, 7) is 3.56. The zero-order valence-corrected chi connectivity index (χ0v) is 17.7. The highest BCUT2D eigenvalue weighted by Crippen LogP contribution is 2.20. The van der Waals surface area contributed by atoms with E-state index in [1.54, 1.807) is 11.8 Å². The summed E-state index contributed by atoms with van der Waals surface area (Å²) in [5.74, 6) is 0.743. The van der Waals surface area contributed by atoms with Gasteiger partial charge in [0.1, 0.15) is 0 Å². The maximum Gasteiger partial charge on any atom is 0.251 e. The predicted molar refractivity (Wildman–Crippen MR) is 120 cm³/mol. The first-order valence-corrected chi connectivity index (χ1v) is 11.1. The van der Waals surface area contributed by atoms with E-state index < -0.39 is 0 Å². The summed E-state index contributed by atoms with van der Waals surface area (Å²) in [6.07, 6.45) is 2.05. The van der Waals surface area contributed by atoms with Crippen LogP contribution in [0.15, 0.2) is 65.6 Å². The highest BCUT2D eigenvalue weighted by Gasteiger charge is 2.13. The van der Waals surface area contributed by atoms with Crippen LogP contribution in [0.3, 0.4) is 0 Å². The van der Waals surface area contributed by atoms with E-state index >= 15 is 0 Å². The molecule has 1 aromatic heterocycles. The Morgan fingerprint density at radius 2 is 1.87 bits per heavy atom. The number of nitrogens with zero attached hydrogens (tertiary/aromatic N) is 3. The first kappa shape index (κ1) is 20.4. The van der Waals surface area contributed by atoms with Gasteiger partial charge in [-0.3, -0.25) is 4.79 Å². The summed E-state index contributed by atoms with van der Waals surface area (Å²) < 4.78 is 5.38. The molecule has 0 spiro atoms. The second kappa shape index (κ2) is 9.73. The van der Waals surface area contributed by atoms with E-state index in [1.807, 2.05) is 54.8 Å². The number of benzene rings is 2. The molecule has 1 amide bonds. The van der Waals surface area contributed by atoms with Gasteiger partial charge in [-0.2, -0.15) is 0 Å². The van der Waals surface area contributed by atoms with Gasteiger partial charge in [0.15, 0.2) is 5.82 Å². The molecule has 0 aliphatic carbocycles. The van der Waals surface area contributed by atoms with Gasteiger partial charge in [-0.05, 0) is 48.2 Å². The van der Waals surface area contributed by atoms with Crippen LogP contribution in [0.2, 0.25) is 0 Å². The largest absolute Gasteiger partial charge is 0.378 e. The first-order chi connectivity index (χ1) is 14.7. The number of morpholine rings is 1. The molecule has 0 radical (unpaired) electrons. The minimum atomic E-state index is -0.108. The zero-order valence-electron chi connectivity index (χ0n) is 16.9. The quantitative estimate of drug-likeness (QED) is 0.614. The van der Waals surface area contributed by atoms with Crippen LogP contribution in [0.4, 0.5) is 5.82 Å². The Kier molecular flexibility index (Phi) is 6.61. The molecule has 7 heteroatoms. The van der Waals surface area contributed by atoms with Gasteiger partial charge >= 0.3 is 0 Å². The molecule has 4 rings (SSSR count). The van der Waals surface area contributed by atoms with Crippen LogP contribution in [-0.4, -0.2) is 48.7 Å². The number of carbonyl (C=O) groups excluding carboxylic acids is 1. The van der Waals surface area contributed by atoms with E-state index in [2.05, 4.69) is 32.5 Å². The number of hydrogen-bond acceptors (Lipinski definition) is 6. The third kappa shape index (κ3) is 4.98. The average Bonchev–Trinajstić information content (AvgIpc) is 2.83. The van der Waals surface area contributed by atoms with Gasteiger partial charge in [-0.25, -0.2) is 0 Å². The molecule has 0 bridgehead atoms. The Hall–Kier alpha value is -2.90. The molecule has 154 valence electrons. The van der Waals surface area contributed by atoms with E-state index in [0.717, 1.165) is 35.7 Å². The second-order valence-corrected chi connectivity index (χ2v) is 7.87. The molecule has 0 unspecified atom stereocenters. The molecule has 0 atom stereocenters. The SMILES string of the molecule is CSc1ccc(CNC(=O)c2cccc(-c3ccc(N4CCOCC4)nn3)c2)cc1. The molecule has 2 aromatic carbocycles. The van der Waals surface area contributed by atoms with Crippen molar-refractivity contribution in [1.82, 2.24) is 15.5 Å². The molecular weight excluding hydrogens is 396 g/mol. The summed E-state index contributed by atoms with van der Waals surface area (Å²) in [4.78, 5) is 16.0. The van der Waals surface area contributed by atoms with Gasteiger partial charge < -0.3 is 15.0 Å². The summed E-state index contributed by atoms with van der Waals surface area (Å²) in [5.41, 5.74) is 3.29. The van der Waals surface area contributed by atoms with Gasteiger partial charge in [0.25, 0.3) is 5.91 Å². The van der Waals surface area contributed by atoms with E-state index in [9.17, 15) is 4.79 Å². The van der Waals surface area contributed by atoms with Crippen LogP contribution in [0.25, 0.3) is 11.3 Å². The molecule has 1 N–H and O–H groups in total. The molecule has 6 nitrogen and oxygen atoms in total. The minimum absolute atomic E-state index is 0.108. The van der Waals surface area contributed by atoms with Gasteiger partial charge in [0, 0.05) is 35.7 Å². The van der Waals surface area contributed by atoms with E-state index in [-0.39, 0.29) is 5.91 Å². The number of thioether (sulfide) groups is 1. The molecule has 1 aliphatic heterocycles. The molecule has 0 saturated carbocycles. The predicted octanol–water partition coefficient (Wildman–Crippen LogP) is 3.63. The molecule has 30 heavy (non-hydrogen) atoms. The van der Waals surface area contributed by atoms with Gasteiger partial charge in [0.2, 0.25) is 0 Å². The normalized spacial score (nSPS) is 13.8. The fourth-order valence-corrected chi connectivity index (χ4v) is 3.70. The van der Waals surface area contributed by atoms with Crippen LogP contribution in [-0.2, 0) is 11.3 Å². The summed E-state index contributed by atoms with van der Waals surface area (Å²) in [7, 11) is 0. The van der Waals surface area contributed by atoms with Crippen molar-refractivity contribution < 1.29 is 9.53 Å². The summed E-state index contributed by atoms with van der Waals surface area (Å²) >= 11 is 1.70. The van der Waals surface area contributed by atoms with E-state index in [1.165, 1.54) is 4.90 Å². The number of amides is 1. The average molecular weight is 421 g/mol. The fraction of sp³-hybridized carbons (Fsp3) is 0.261. The lowest BCUT2D eigenvalue weighted by Crippen LogP contribution is -2.36. The lowest BCUT2D eigenvalue weighted by Gasteiger charge is -2.27. The number of nitrogens with one attached hydrogen (secondary N) is 1. The Morgan fingerprint density at radius 3 is 2.57 bits per heavy atom. The number of hydrogen-bond donors (Lipinski definition) is 1. The van der Waals surface area contributed by atoms with Crippen molar-refractivity contribution in [2.75, 3.05) is 37.5 Å². The molecular formula is C23H24N4O2S. The molecule has 2 heterocycles. The van der Waals surface area contributed by atoms with Crippen LogP contribution in [0, 0.1) is 0 Å². The number of anilines is 1. The van der Waals surface area contributed by atoms with E-state index in [4.69, 9.17) is 4.74 Å². The van der Waals surface area contributed by atoms with Gasteiger partial charge in [0.05, 0.1) is 18.9 Å². The highest BCUT2D eigenvalue weighted by atomic mass is 32.2. The molecule has 1 fully saturated rings. The third-order valence-electron chi connectivity index (χ3n) is 5.02. The van der Waals surface area contributed by atoms with Crippen molar-refractivity contribution in [2.24, 2.45) is 0 Å². The lowest BCUT2D eigenvalue weighted by atomic mass is 10.1. The monoisotopic (exact) mass is 420 g/mol. The van der Waals surface area contributed by atoms with Crippen LogP contribution < -0.4 is 10.2 Å². The lowest BCUT2D eigenvalue weighted by molar-refractivity contribution is 0.0951. The number of ether oxygens (including phenoxy) is 1. The van der Waals surface area contributed by atoms with Crippen LogP contribution in [0.5, 0.6) is 0 Å². The maximum absolute atomic E-state index is 12.6. The number of carbonyl (C=O) groups is 1. The summed E-state index contributed by atoms with van der Waals surface area (Å²) in [5, 5.41) is 11.7. The van der Waals surface area contributed by atoms with Crippen molar-refractivity contribution in [2.45, 2.75) is 11.4 Å². The van der Waals surface area contributed by atoms with Crippen molar-refractivity contribution in [1.29, 1.82) is 0 Å². The minimum Gasteiger partial charge on any atom is -0.378 e.